The minimum absolute atomic E-state index is 0.275. The van der Waals surface area contributed by atoms with Gasteiger partial charge < -0.3 is 5.32 Å². The lowest BCUT2D eigenvalue weighted by Gasteiger charge is -2.49. The normalized spacial score (nSPS) is 31.2. The Kier molecular flexibility index (Phi) is 3.34. The monoisotopic (exact) mass is 283 g/mol. The Morgan fingerprint density at radius 2 is 2.00 bits per heavy atom. The predicted octanol–water partition coefficient (Wildman–Crippen LogP) is 4.41. The van der Waals surface area contributed by atoms with E-state index in [-0.39, 0.29) is 5.41 Å². The van der Waals surface area contributed by atoms with E-state index in [1.807, 2.05) is 6.07 Å². The Morgan fingerprint density at radius 1 is 1.22 bits per heavy atom. The van der Waals surface area contributed by atoms with E-state index < -0.39 is 0 Å². The summed E-state index contributed by atoms with van der Waals surface area (Å²) in [6.45, 7) is 3.43. The van der Waals surface area contributed by atoms with Gasteiger partial charge in [-0.05, 0) is 49.3 Å². The van der Waals surface area contributed by atoms with Crippen molar-refractivity contribution in [3.05, 3.63) is 33.8 Å². The van der Waals surface area contributed by atoms with Crippen molar-refractivity contribution in [2.24, 2.45) is 5.92 Å². The lowest BCUT2D eigenvalue weighted by Crippen LogP contribution is -2.50. The van der Waals surface area contributed by atoms with Gasteiger partial charge in [0.25, 0.3) is 0 Å². The molecule has 0 spiro atoms. The molecular weight excluding hydrogens is 265 g/mol. The molecule has 0 radical (unpaired) electrons. The van der Waals surface area contributed by atoms with Crippen LogP contribution >= 0.6 is 23.2 Å². The topological polar surface area (TPSA) is 12.0 Å². The van der Waals surface area contributed by atoms with Gasteiger partial charge in [0, 0.05) is 18.0 Å². The molecule has 1 aromatic carbocycles. The molecule has 0 aromatic heterocycles. The maximum Gasteiger partial charge on any atom is 0.0595 e. The second-order valence-electron chi connectivity index (χ2n) is 5.88. The summed E-state index contributed by atoms with van der Waals surface area (Å²) in [4.78, 5) is 0. The van der Waals surface area contributed by atoms with Gasteiger partial charge in [0.15, 0.2) is 0 Å². The van der Waals surface area contributed by atoms with Crippen LogP contribution in [0.5, 0.6) is 0 Å². The molecule has 2 fully saturated rings. The van der Waals surface area contributed by atoms with Crippen molar-refractivity contribution in [3.63, 3.8) is 0 Å². The SMILES string of the molecule is CC1CCC1(CNC1CC1)c1ccc(Cl)c(Cl)c1. The van der Waals surface area contributed by atoms with Gasteiger partial charge in [0.1, 0.15) is 0 Å². The fourth-order valence-electron chi connectivity index (χ4n) is 2.99. The highest BCUT2D eigenvalue weighted by Gasteiger charge is 2.45. The molecule has 1 aromatic rings. The maximum atomic E-state index is 6.17. The van der Waals surface area contributed by atoms with Gasteiger partial charge in [0.05, 0.1) is 10.0 Å². The number of halogens is 2. The van der Waals surface area contributed by atoms with Crippen molar-refractivity contribution >= 4 is 23.2 Å². The van der Waals surface area contributed by atoms with E-state index in [0.717, 1.165) is 18.5 Å². The number of hydrogen-bond donors (Lipinski definition) is 1. The van der Waals surface area contributed by atoms with Crippen LogP contribution in [0.25, 0.3) is 0 Å². The quantitative estimate of drug-likeness (QED) is 0.863. The first-order valence-electron chi connectivity index (χ1n) is 6.81. The molecule has 0 saturated heterocycles. The largest absolute Gasteiger partial charge is 0.313 e. The zero-order chi connectivity index (χ0) is 12.8. The summed E-state index contributed by atoms with van der Waals surface area (Å²) in [7, 11) is 0. The minimum Gasteiger partial charge on any atom is -0.313 e. The zero-order valence-electron chi connectivity index (χ0n) is 10.7. The van der Waals surface area contributed by atoms with E-state index in [0.29, 0.717) is 10.0 Å². The lowest BCUT2D eigenvalue weighted by atomic mass is 9.57. The molecule has 18 heavy (non-hydrogen) atoms. The highest BCUT2D eigenvalue weighted by molar-refractivity contribution is 6.42. The summed E-state index contributed by atoms with van der Waals surface area (Å²) < 4.78 is 0. The van der Waals surface area contributed by atoms with Crippen LogP contribution in [0.3, 0.4) is 0 Å². The van der Waals surface area contributed by atoms with E-state index in [1.54, 1.807) is 0 Å². The first kappa shape index (κ1) is 12.8. The van der Waals surface area contributed by atoms with Crippen LogP contribution in [0.1, 0.15) is 38.2 Å². The van der Waals surface area contributed by atoms with E-state index in [2.05, 4.69) is 24.4 Å². The summed E-state index contributed by atoms with van der Waals surface area (Å²) in [5, 5.41) is 5.02. The molecular formula is C15H19Cl2N. The first-order valence-corrected chi connectivity index (χ1v) is 7.56. The van der Waals surface area contributed by atoms with Crippen LogP contribution < -0.4 is 5.32 Å². The van der Waals surface area contributed by atoms with Gasteiger partial charge in [-0.3, -0.25) is 0 Å². The highest BCUT2D eigenvalue weighted by atomic mass is 35.5. The van der Waals surface area contributed by atoms with Gasteiger partial charge in [-0.25, -0.2) is 0 Å². The molecule has 2 aliphatic carbocycles. The van der Waals surface area contributed by atoms with Crippen molar-refractivity contribution in [3.8, 4) is 0 Å². The second kappa shape index (κ2) is 4.70. The summed E-state index contributed by atoms with van der Waals surface area (Å²) in [6.07, 6.45) is 5.25. The summed E-state index contributed by atoms with van der Waals surface area (Å²) in [6, 6.07) is 6.91. The molecule has 3 rings (SSSR count). The second-order valence-corrected chi connectivity index (χ2v) is 6.69. The summed E-state index contributed by atoms with van der Waals surface area (Å²) >= 11 is 12.2. The smallest absolute Gasteiger partial charge is 0.0595 e. The van der Waals surface area contributed by atoms with E-state index in [4.69, 9.17) is 23.2 Å². The van der Waals surface area contributed by atoms with Crippen LogP contribution in [0.2, 0.25) is 10.0 Å². The van der Waals surface area contributed by atoms with E-state index in [1.165, 1.54) is 31.2 Å². The van der Waals surface area contributed by atoms with Crippen LogP contribution in [0.4, 0.5) is 0 Å². The van der Waals surface area contributed by atoms with E-state index >= 15 is 0 Å². The van der Waals surface area contributed by atoms with Gasteiger partial charge in [-0.1, -0.05) is 36.2 Å². The molecule has 3 heteroatoms. The highest BCUT2D eigenvalue weighted by Crippen LogP contribution is 2.49. The molecule has 2 aliphatic rings. The maximum absolute atomic E-state index is 6.17. The molecule has 98 valence electrons. The minimum atomic E-state index is 0.275. The third-order valence-electron chi connectivity index (χ3n) is 4.74. The molecule has 1 nitrogen and oxygen atoms in total. The van der Waals surface area contributed by atoms with Crippen molar-refractivity contribution in [1.82, 2.24) is 5.32 Å². The van der Waals surface area contributed by atoms with Crippen molar-refractivity contribution in [2.45, 2.75) is 44.1 Å². The predicted molar refractivity (Wildman–Crippen MR) is 77.6 cm³/mol. The van der Waals surface area contributed by atoms with Gasteiger partial charge >= 0.3 is 0 Å². The van der Waals surface area contributed by atoms with Gasteiger partial charge in [0.2, 0.25) is 0 Å². The Balaban J connectivity index is 1.85. The van der Waals surface area contributed by atoms with Gasteiger partial charge in [-0.15, -0.1) is 0 Å². The zero-order valence-corrected chi connectivity index (χ0v) is 12.2. The lowest BCUT2D eigenvalue weighted by molar-refractivity contribution is 0.133. The Bertz CT molecular complexity index is 456. The van der Waals surface area contributed by atoms with Crippen LogP contribution in [-0.2, 0) is 5.41 Å². The third-order valence-corrected chi connectivity index (χ3v) is 5.48. The standard InChI is InChI=1S/C15H19Cl2N/c1-10-6-7-15(10,9-18-12-3-4-12)11-2-5-13(16)14(17)8-11/h2,5,8,10,12,18H,3-4,6-7,9H2,1H3. The number of rotatable bonds is 4. The molecule has 0 bridgehead atoms. The van der Waals surface area contributed by atoms with Gasteiger partial charge in [-0.2, -0.15) is 0 Å². The molecule has 2 unspecified atom stereocenters. The molecule has 0 aliphatic heterocycles. The average molecular weight is 284 g/mol. The van der Waals surface area contributed by atoms with Crippen LogP contribution in [0.15, 0.2) is 18.2 Å². The van der Waals surface area contributed by atoms with Crippen LogP contribution in [0, 0.1) is 5.92 Å². The fraction of sp³-hybridized carbons (Fsp3) is 0.600. The third kappa shape index (κ3) is 2.17. The first-order chi connectivity index (χ1) is 8.62. The molecule has 2 atom stereocenters. The number of benzene rings is 1. The summed E-state index contributed by atoms with van der Waals surface area (Å²) in [5.74, 6) is 0.723. The average Bonchev–Trinajstić information content (AvgIpc) is 3.16. The van der Waals surface area contributed by atoms with Crippen LogP contribution in [-0.4, -0.2) is 12.6 Å². The number of nitrogens with one attached hydrogen (secondary N) is 1. The Morgan fingerprint density at radius 3 is 2.50 bits per heavy atom. The van der Waals surface area contributed by atoms with Crippen molar-refractivity contribution in [1.29, 1.82) is 0 Å². The van der Waals surface area contributed by atoms with E-state index in [9.17, 15) is 0 Å². The Hall–Kier alpha value is -0.240. The molecule has 2 saturated carbocycles. The summed E-state index contributed by atoms with van der Waals surface area (Å²) in [5.41, 5.74) is 1.63. The van der Waals surface area contributed by atoms with Crippen molar-refractivity contribution < 1.29 is 0 Å². The van der Waals surface area contributed by atoms with Crippen molar-refractivity contribution in [2.75, 3.05) is 6.54 Å². The fourth-order valence-corrected chi connectivity index (χ4v) is 3.29. The Labute approximate surface area is 119 Å². The number of hydrogen-bond acceptors (Lipinski definition) is 1. The molecule has 1 N–H and O–H groups in total. The molecule has 0 amide bonds. The molecule has 0 heterocycles.